The molecular formula is C22H36N6S2. The Bertz CT molecular complexity index is 694. The highest BCUT2D eigenvalue weighted by molar-refractivity contribution is 8.13. The summed E-state index contributed by atoms with van der Waals surface area (Å²) in [6, 6.07) is 8.41. The third kappa shape index (κ3) is 7.11. The van der Waals surface area contributed by atoms with Gasteiger partial charge >= 0.3 is 0 Å². The minimum absolute atomic E-state index is 0.422. The lowest BCUT2D eigenvalue weighted by Gasteiger charge is -2.39. The van der Waals surface area contributed by atoms with E-state index in [2.05, 4.69) is 56.6 Å². The molecule has 0 amide bonds. The average Bonchev–Trinajstić information content (AvgIpc) is 2.78. The minimum Gasteiger partial charge on any atom is -0.378 e. The van der Waals surface area contributed by atoms with Gasteiger partial charge in [0.05, 0.1) is 6.17 Å². The van der Waals surface area contributed by atoms with E-state index in [9.17, 15) is 0 Å². The number of hydrogen-bond acceptors (Lipinski definition) is 5. The molecule has 1 atom stereocenters. The molecule has 1 heterocycles. The van der Waals surface area contributed by atoms with Gasteiger partial charge in [-0.1, -0.05) is 31.0 Å². The number of thiocarbonyl (C=S) groups is 1. The molecule has 1 saturated heterocycles. The fourth-order valence-corrected chi connectivity index (χ4v) is 5.32. The lowest BCUT2D eigenvalue weighted by atomic mass is 9.91. The summed E-state index contributed by atoms with van der Waals surface area (Å²) < 4.78 is 0. The number of amidine groups is 1. The maximum Gasteiger partial charge on any atom is 0.199 e. The van der Waals surface area contributed by atoms with Crippen LogP contribution in [0.2, 0.25) is 0 Å². The number of piperazine rings is 1. The lowest BCUT2D eigenvalue weighted by molar-refractivity contribution is 0.176. The van der Waals surface area contributed by atoms with Crippen LogP contribution in [0.5, 0.6) is 0 Å². The molecule has 1 saturated carbocycles. The summed E-state index contributed by atoms with van der Waals surface area (Å²) in [5, 5.41) is 7.49. The topological polar surface area (TPSA) is 68.9 Å². The molecule has 2 aliphatic rings. The van der Waals surface area contributed by atoms with Gasteiger partial charge in [-0.05, 0) is 69.2 Å². The van der Waals surface area contributed by atoms with Crippen molar-refractivity contribution in [2.24, 2.45) is 16.6 Å². The number of aliphatic imine (C=N–C) groups is 1. The highest BCUT2D eigenvalue weighted by Crippen LogP contribution is 2.26. The first-order chi connectivity index (χ1) is 14.5. The number of thioether (sulfide) groups is 1. The Morgan fingerprint density at radius 2 is 1.83 bits per heavy atom. The number of hydrogen-bond donors (Lipinski definition) is 3. The summed E-state index contributed by atoms with van der Waals surface area (Å²) in [7, 11) is 2.01. The van der Waals surface area contributed by atoms with Crippen molar-refractivity contribution < 1.29 is 0 Å². The van der Waals surface area contributed by atoms with Gasteiger partial charge in [-0.25, -0.2) is 0 Å². The largest absolute Gasteiger partial charge is 0.378 e. The molecule has 166 valence electrons. The van der Waals surface area contributed by atoms with E-state index in [-0.39, 0.29) is 0 Å². The van der Waals surface area contributed by atoms with Gasteiger partial charge in [0.1, 0.15) is 0 Å². The Morgan fingerprint density at radius 1 is 1.17 bits per heavy atom. The van der Waals surface area contributed by atoms with Crippen molar-refractivity contribution in [1.29, 1.82) is 0 Å². The Morgan fingerprint density at radius 3 is 2.47 bits per heavy atom. The van der Waals surface area contributed by atoms with Crippen LogP contribution in [0.25, 0.3) is 0 Å². The predicted molar refractivity (Wildman–Crippen MR) is 136 cm³/mol. The van der Waals surface area contributed by atoms with Crippen LogP contribution in [0, 0.1) is 5.92 Å². The molecule has 1 aliphatic heterocycles. The zero-order valence-corrected chi connectivity index (χ0v) is 19.9. The molecule has 1 aromatic rings. The van der Waals surface area contributed by atoms with Crippen LogP contribution in [-0.4, -0.2) is 60.3 Å². The molecule has 0 radical (unpaired) electrons. The zero-order chi connectivity index (χ0) is 21.3. The fourth-order valence-electron chi connectivity index (χ4n) is 4.15. The first kappa shape index (κ1) is 23.3. The van der Waals surface area contributed by atoms with Crippen LogP contribution >= 0.6 is 24.0 Å². The van der Waals surface area contributed by atoms with Crippen molar-refractivity contribution in [3.63, 3.8) is 0 Å². The minimum atomic E-state index is 0.422. The molecule has 4 N–H and O–H groups in total. The second-order valence-electron chi connectivity index (χ2n) is 8.23. The van der Waals surface area contributed by atoms with Crippen LogP contribution in [0.15, 0.2) is 29.3 Å². The third-order valence-electron chi connectivity index (χ3n) is 6.17. The number of benzene rings is 1. The monoisotopic (exact) mass is 448 g/mol. The van der Waals surface area contributed by atoms with Crippen molar-refractivity contribution in [2.45, 2.75) is 45.2 Å². The van der Waals surface area contributed by atoms with Gasteiger partial charge in [-0.15, -0.1) is 0 Å². The Balaban J connectivity index is 1.44. The van der Waals surface area contributed by atoms with E-state index >= 15 is 0 Å². The molecule has 0 bridgehead atoms. The van der Waals surface area contributed by atoms with Crippen LogP contribution < -0.4 is 21.3 Å². The van der Waals surface area contributed by atoms with Crippen molar-refractivity contribution in [2.75, 3.05) is 49.2 Å². The maximum absolute atomic E-state index is 6.08. The second kappa shape index (κ2) is 11.9. The molecule has 6 nitrogen and oxygen atoms in total. The summed E-state index contributed by atoms with van der Waals surface area (Å²) in [5.74, 6) is 1.82. The van der Waals surface area contributed by atoms with E-state index in [0.717, 1.165) is 43.5 Å². The molecule has 2 fully saturated rings. The van der Waals surface area contributed by atoms with Crippen LogP contribution in [0.1, 0.15) is 39.0 Å². The van der Waals surface area contributed by atoms with Crippen molar-refractivity contribution in [1.82, 2.24) is 10.2 Å². The number of nitrogens with one attached hydrogen (secondary N) is 2. The number of nitrogens with zero attached hydrogens (tertiary/aromatic N) is 3. The summed E-state index contributed by atoms with van der Waals surface area (Å²) in [5.41, 5.74) is 8.27. The normalized spacial score (nSPS) is 20.2. The van der Waals surface area contributed by atoms with Gasteiger partial charge in [0.25, 0.3) is 0 Å². The van der Waals surface area contributed by atoms with E-state index in [1.165, 1.54) is 37.8 Å². The number of nitrogens with two attached hydrogens (primary N) is 1. The van der Waals surface area contributed by atoms with Crippen molar-refractivity contribution in [3.05, 3.63) is 24.3 Å². The first-order valence-corrected chi connectivity index (χ1v) is 12.5. The number of rotatable bonds is 6. The quantitative estimate of drug-likeness (QED) is 0.348. The smallest absolute Gasteiger partial charge is 0.199 e. The molecule has 3 rings (SSSR count). The molecular weight excluding hydrogens is 412 g/mol. The van der Waals surface area contributed by atoms with Gasteiger partial charge < -0.3 is 21.3 Å². The molecule has 0 spiro atoms. The number of anilines is 2. The highest BCUT2D eigenvalue weighted by Gasteiger charge is 2.20. The Kier molecular flexibility index (Phi) is 9.24. The first-order valence-electron chi connectivity index (χ1n) is 11.1. The van der Waals surface area contributed by atoms with Gasteiger partial charge in [0.2, 0.25) is 0 Å². The second-order valence-corrected chi connectivity index (χ2v) is 9.66. The molecule has 1 unspecified atom stereocenters. The molecule has 8 heteroatoms. The van der Waals surface area contributed by atoms with Crippen LogP contribution in [0.3, 0.4) is 0 Å². The van der Waals surface area contributed by atoms with Gasteiger partial charge in [0, 0.05) is 43.3 Å². The van der Waals surface area contributed by atoms with Crippen LogP contribution in [0.4, 0.5) is 11.4 Å². The highest BCUT2D eigenvalue weighted by atomic mass is 32.2. The third-order valence-corrected chi connectivity index (χ3v) is 7.39. The van der Waals surface area contributed by atoms with E-state index < -0.39 is 0 Å². The molecule has 1 aliphatic carbocycles. The van der Waals surface area contributed by atoms with E-state index in [0.29, 0.717) is 16.4 Å². The Labute approximate surface area is 191 Å². The lowest BCUT2D eigenvalue weighted by Crippen LogP contribution is -2.53. The molecule has 30 heavy (non-hydrogen) atoms. The summed E-state index contributed by atoms with van der Waals surface area (Å²) >= 11 is 7.01. The molecule has 0 aromatic heterocycles. The Hall–Kier alpha value is -1.35. The molecule has 1 aromatic carbocycles. The summed E-state index contributed by atoms with van der Waals surface area (Å²) in [4.78, 5) is 9.26. The van der Waals surface area contributed by atoms with E-state index in [1.807, 2.05) is 7.05 Å². The zero-order valence-electron chi connectivity index (χ0n) is 18.3. The summed E-state index contributed by atoms with van der Waals surface area (Å²) in [6.07, 6.45) is 7.14. The average molecular weight is 449 g/mol. The standard InChI is InChI=1S/C22H36N6S2/c1-17(24-2)27-12-14-28(15-13-27)20-10-8-19(9-11-20)25-22(29)26-21(23)30-16-18-6-4-3-5-7-18/h8-11,17-18,24H,3-7,12-16H2,1-2H3,(H3,23,25,26,29). The van der Waals surface area contributed by atoms with E-state index in [4.69, 9.17) is 18.0 Å². The van der Waals surface area contributed by atoms with Crippen molar-refractivity contribution >= 4 is 45.6 Å². The maximum atomic E-state index is 6.08. The van der Waals surface area contributed by atoms with Crippen molar-refractivity contribution in [3.8, 4) is 0 Å². The SMILES string of the molecule is CNC(C)N1CCN(c2ccc(NC(=S)/N=C(\N)SCC3CCCCC3)cc2)CC1. The summed E-state index contributed by atoms with van der Waals surface area (Å²) in [6.45, 7) is 6.42. The predicted octanol–water partition coefficient (Wildman–Crippen LogP) is 3.70. The van der Waals surface area contributed by atoms with Gasteiger partial charge in [-0.3, -0.25) is 4.90 Å². The fraction of sp³-hybridized carbons (Fsp3) is 0.636. The van der Waals surface area contributed by atoms with Gasteiger partial charge in [-0.2, -0.15) is 4.99 Å². The van der Waals surface area contributed by atoms with Crippen LogP contribution in [-0.2, 0) is 0 Å². The van der Waals surface area contributed by atoms with Gasteiger partial charge in [0.15, 0.2) is 10.3 Å². The van der Waals surface area contributed by atoms with E-state index in [1.54, 1.807) is 11.8 Å².